The van der Waals surface area contributed by atoms with Gasteiger partial charge in [-0.15, -0.1) is 0 Å². The first-order valence-electron chi connectivity index (χ1n) is 9.37. The van der Waals surface area contributed by atoms with Gasteiger partial charge in [0, 0.05) is 32.2 Å². The van der Waals surface area contributed by atoms with Crippen molar-refractivity contribution in [3.05, 3.63) is 64.2 Å². The molecule has 2 rings (SSSR count). The van der Waals surface area contributed by atoms with E-state index in [0.717, 1.165) is 12.0 Å². The Balaban J connectivity index is 2.28. The molecular weight excluding hydrogens is 396 g/mol. The summed E-state index contributed by atoms with van der Waals surface area (Å²) in [4.78, 5) is 14.4. The van der Waals surface area contributed by atoms with E-state index in [2.05, 4.69) is 6.92 Å². The smallest absolute Gasteiger partial charge is 0.253 e. The number of hydrogen-bond acceptors (Lipinski definition) is 3. The van der Waals surface area contributed by atoms with Crippen molar-refractivity contribution in [3.8, 4) is 0 Å². The fourth-order valence-corrected chi connectivity index (χ4v) is 4.94. The Morgan fingerprint density at radius 1 is 0.964 bits per heavy atom. The zero-order valence-corrected chi connectivity index (χ0v) is 18.3. The van der Waals surface area contributed by atoms with Crippen LogP contribution in [0.1, 0.15) is 42.3 Å². The molecule has 0 heterocycles. The first-order chi connectivity index (χ1) is 13.2. The Labute approximate surface area is 173 Å². The fraction of sp³-hybridized carbons (Fsp3) is 0.381. The standard InChI is InChI=1S/C21H27ClN2O3S/c1-5-16-8-10-17(11-9-16)15-23(4)21(25)18-12-13-19(22)20(14-18)28(26,27)24(6-2)7-3/h8-14H,5-7,15H2,1-4H3. The highest BCUT2D eigenvalue weighted by Crippen LogP contribution is 2.26. The molecule has 0 aliphatic rings. The highest BCUT2D eigenvalue weighted by atomic mass is 35.5. The number of hydrogen-bond donors (Lipinski definition) is 0. The van der Waals surface area contributed by atoms with E-state index in [1.54, 1.807) is 31.9 Å². The van der Waals surface area contributed by atoms with Crippen molar-refractivity contribution in [2.45, 2.75) is 38.6 Å². The van der Waals surface area contributed by atoms with Crippen LogP contribution < -0.4 is 0 Å². The average molecular weight is 423 g/mol. The summed E-state index contributed by atoms with van der Waals surface area (Å²) in [6.07, 6.45) is 0.962. The quantitative estimate of drug-likeness (QED) is 0.640. The van der Waals surface area contributed by atoms with Crippen molar-refractivity contribution in [1.29, 1.82) is 0 Å². The molecule has 0 aromatic heterocycles. The van der Waals surface area contributed by atoms with E-state index in [1.165, 1.54) is 22.0 Å². The van der Waals surface area contributed by atoms with Gasteiger partial charge >= 0.3 is 0 Å². The zero-order valence-electron chi connectivity index (χ0n) is 16.8. The van der Waals surface area contributed by atoms with Crippen molar-refractivity contribution in [2.24, 2.45) is 0 Å². The fourth-order valence-electron chi connectivity index (χ4n) is 2.98. The summed E-state index contributed by atoms with van der Waals surface area (Å²) in [7, 11) is -2.05. The lowest BCUT2D eigenvalue weighted by Gasteiger charge is -2.21. The molecule has 2 aromatic rings. The zero-order chi connectivity index (χ0) is 20.9. The molecule has 1 amide bonds. The van der Waals surface area contributed by atoms with E-state index in [1.807, 2.05) is 24.3 Å². The number of carbonyl (C=O) groups excluding carboxylic acids is 1. The molecule has 0 aliphatic heterocycles. The Kier molecular flexibility index (Phi) is 7.63. The Morgan fingerprint density at radius 3 is 2.07 bits per heavy atom. The van der Waals surface area contributed by atoms with Crippen LogP contribution in [0.5, 0.6) is 0 Å². The van der Waals surface area contributed by atoms with Crippen LogP contribution in [-0.4, -0.2) is 43.7 Å². The number of aryl methyl sites for hydroxylation is 1. The molecule has 28 heavy (non-hydrogen) atoms. The minimum absolute atomic E-state index is 0.0376. The molecule has 0 saturated heterocycles. The van der Waals surface area contributed by atoms with E-state index in [4.69, 9.17) is 11.6 Å². The molecule has 0 bridgehead atoms. The van der Waals surface area contributed by atoms with Gasteiger partial charge in [-0.2, -0.15) is 4.31 Å². The van der Waals surface area contributed by atoms with Crippen molar-refractivity contribution in [2.75, 3.05) is 20.1 Å². The molecule has 5 nitrogen and oxygen atoms in total. The maximum Gasteiger partial charge on any atom is 0.253 e. The van der Waals surface area contributed by atoms with Crippen LogP contribution in [0.25, 0.3) is 0 Å². The summed E-state index contributed by atoms with van der Waals surface area (Å²) in [6, 6.07) is 12.5. The normalized spacial score (nSPS) is 11.6. The molecule has 0 unspecified atom stereocenters. The van der Waals surface area contributed by atoms with Crippen molar-refractivity contribution < 1.29 is 13.2 Å². The molecular formula is C21H27ClN2O3S. The third kappa shape index (κ3) is 4.93. The van der Waals surface area contributed by atoms with Crippen LogP contribution in [0.3, 0.4) is 0 Å². The lowest BCUT2D eigenvalue weighted by molar-refractivity contribution is 0.0785. The molecule has 0 atom stereocenters. The van der Waals surface area contributed by atoms with E-state index < -0.39 is 10.0 Å². The number of amides is 1. The van der Waals surface area contributed by atoms with Crippen LogP contribution in [0.2, 0.25) is 5.02 Å². The van der Waals surface area contributed by atoms with E-state index in [0.29, 0.717) is 25.2 Å². The molecule has 0 radical (unpaired) electrons. The third-order valence-electron chi connectivity index (χ3n) is 4.70. The average Bonchev–Trinajstić information content (AvgIpc) is 2.69. The number of halogens is 1. The summed E-state index contributed by atoms with van der Waals surface area (Å²) in [6.45, 7) is 6.73. The van der Waals surface area contributed by atoms with Gasteiger partial charge in [0.1, 0.15) is 4.90 Å². The Bertz CT molecular complexity index is 923. The number of sulfonamides is 1. The first kappa shape index (κ1) is 22.4. The van der Waals surface area contributed by atoms with E-state index in [-0.39, 0.29) is 15.8 Å². The van der Waals surface area contributed by atoms with Gasteiger partial charge in [0.05, 0.1) is 5.02 Å². The van der Waals surface area contributed by atoms with Crippen LogP contribution in [0.4, 0.5) is 0 Å². The highest BCUT2D eigenvalue weighted by molar-refractivity contribution is 7.89. The highest BCUT2D eigenvalue weighted by Gasteiger charge is 2.26. The monoisotopic (exact) mass is 422 g/mol. The lowest BCUT2D eigenvalue weighted by atomic mass is 10.1. The van der Waals surface area contributed by atoms with Gasteiger partial charge in [-0.3, -0.25) is 4.79 Å². The van der Waals surface area contributed by atoms with Gasteiger partial charge in [-0.05, 0) is 35.7 Å². The summed E-state index contributed by atoms with van der Waals surface area (Å²) in [5.74, 6) is -0.257. The predicted molar refractivity (Wildman–Crippen MR) is 113 cm³/mol. The van der Waals surface area contributed by atoms with Gasteiger partial charge in [0.2, 0.25) is 10.0 Å². The van der Waals surface area contributed by atoms with Crippen LogP contribution in [-0.2, 0) is 23.0 Å². The van der Waals surface area contributed by atoms with Crippen LogP contribution >= 0.6 is 11.6 Å². The molecule has 0 N–H and O–H groups in total. The van der Waals surface area contributed by atoms with Gasteiger partial charge in [-0.25, -0.2) is 8.42 Å². The van der Waals surface area contributed by atoms with Crippen LogP contribution in [0.15, 0.2) is 47.4 Å². The Morgan fingerprint density at radius 2 is 1.54 bits per heavy atom. The van der Waals surface area contributed by atoms with Gasteiger partial charge in [0.15, 0.2) is 0 Å². The van der Waals surface area contributed by atoms with Gasteiger partial charge in [0.25, 0.3) is 5.91 Å². The number of nitrogens with zero attached hydrogens (tertiary/aromatic N) is 2. The second-order valence-electron chi connectivity index (χ2n) is 6.57. The predicted octanol–water partition coefficient (Wildman–Crippen LogP) is 4.21. The largest absolute Gasteiger partial charge is 0.337 e. The minimum atomic E-state index is -3.75. The summed E-state index contributed by atoms with van der Waals surface area (Å²) in [5.41, 5.74) is 2.54. The number of benzene rings is 2. The molecule has 0 aliphatic carbocycles. The number of rotatable bonds is 8. The van der Waals surface area contributed by atoms with Gasteiger partial charge in [-0.1, -0.05) is 56.6 Å². The second-order valence-corrected chi connectivity index (χ2v) is 8.88. The maximum atomic E-state index is 12.8. The molecule has 0 saturated carbocycles. The molecule has 0 spiro atoms. The lowest BCUT2D eigenvalue weighted by Crippen LogP contribution is -2.31. The van der Waals surface area contributed by atoms with E-state index in [9.17, 15) is 13.2 Å². The topological polar surface area (TPSA) is 57.7 Å². The molecule has 2 aromatic carbocycles. The minimum Gasteiger partial charge on any atom is -0.337 e. The second kappa shape index (κ2) is 9.54. The molecule has 152 valence electrons. The van der Waals surface area contributed by atoms with E-state index >= 15 is 0 Å². The Hall–Kier alpha value is -1.89. The summed E-state index contributed by atoms with van der Waals surface area (Å²) in [5, 5.41) is 0.112. The maximum absolute atomic E-state index is 12.8. The van der Waals surface area contributed by atoms with Crippen molar-refractivity contribution in [1.82, 2.24) is 9.21 Å². The summed E-state index contributed by atoms with van der Waals surface area (Å²) >= 11 is 6.15. The van der Waals surface area contributed by atoms with Crippen LogP contribution in [0, 0.1) is 0 Å². The summed E-state index contributed by atoms with van der Waals surface area (Å²) < 4.78 is 27.0. The first-order valence-corrected chi connectivity index (χ1v) is 11.2. The molecule has 0 fully saturated rings. The van der Waals surface area contributed by atoms with Gasteiger partial charge < -0.3 is 4.90 Å². The molecule has 7 heteroatoms. The van der Waals surface area contributed by atoms with Crippen molar-refractivity contribution >= 4 is 27.5 Å². The third-order valence-corrected chi connectivity index (χ3v) is 7.23. The SMILES string of the molecule is CCc1ccc(CN(C)C(=O)c2ccc(Cl)c(S(=O)(=O)N(CC)CC)c2)cc1. The van der Waals surface area contributed by atoms with Crippen molar-refractivity contribution in [3.63, 3.8) is 0 Å². The number of carbonyl (C=O) groups is 1.